The summed E-state index contributed by atoms with van der Waals surface area (Å²) in [5, 5.41) is 14.3. The molecular weight excluding hydrogens is 266 g/mol. The third kappa shape index (κ3) is 6.12. The second kappa shape index (κ2) is 8.62. The molecule has 118 valence electrons. The molecule has 5 heteroatoms. The molecule has 0 atom stereocenters. The largest absolute Gasteiger partial charge is 0.385 e. The third-order valence-electron chi connectivity index (χ3n) is 3.39. The first-order valence-electron chi connectivity index (χ1n) is 7.63. The van der Waals surface area contributed by atoms with Crippen LogP contribution in [-0.4, -0.2) is 30.0 Å². The maximum atomic E-state index is 11.0. The van der Waals surface area contributed by atoms with Gasteiger partial charge in [-0.05, 0) is 44.0 Å². The molecule has 0 bridgehead atoms. The topological polar surface area (TPSA) is 58.4 Å². The summed E-state index contributed by atoms with van der Waals surface area (Å²) in [6.45, 7) is 9.10. The normalized spacial score (nSPS) is 11.1. The average Bonchev–Trinajstić information content (AvgIpc) is 2.43. The highest BCUT2D eigenvalue weighted by atomic mass is 16.6. The standard InChI is InChI=1S/C16H27N3O2/c1-5-9-17-16-7-6-15(19(20)21)11-14(16)12-18(4)10-8-13(2)3/h6-7,11,13,17H,5,8-10,12H2,1-4H3. The smallest absolute Gasteiger partial charge is 0.269 e. The van der Waals surface area contributed by atoms with Crippen molar-refractivity contribution < 1.29 is 4.92 Å². The first kappa shape index (κ1) is 17.4. The van der Waals surface area contributed by atoms with Gasteiger partial charge in [0.1, 0.15) is 0 Å². The Morgan fingerprint density at radius 2 is 2.10 bits per heavy atom. The molecule has 1 rings (SSSR count). The predicted octanol–water partition coefficient (Wildman–Crippen LogP) is 3.89. The van der Waals surface area contributed by atoms with Gasteiger partial charge in [-0.25, -0.2) is 0 Å². The van der Waals surface area contributed by atoms with E-state index in [2.05, 4.69) is 38.0 Å². The highest BCUT2D eigenvalue weighted by Crippen LogP contribution is 2.23. The molecule has 0 amide bonds. The van der Waals surface area contributed by atoms with E-state index in [1.54, 1.807) is 12.1 Å². The molecule has 5 nitrogen and oxygen atoms in total. The summed E-state index contributed by atoms with van der Waals surface area (Å²) in [6, 6.07) is 5.07. The van der Waals surface area contributed by atoms with E-state index in [0.29, 0.717) is 5.92 Å². The Balaban J connectivity index is 2.83. The van der Waals surface area contributed by atoms with E-state index in [1.165, 1.54) is 0 Å². The predicted molar refractivity (Wildman–Crippen MR) is 87.7 cm³/mol. The molecule has 0 fully saturated rings. The molecule has 21 heavy (non-hydrogen) atoms. The summed E-state index contributed by atoms with van der Waals surface area (Å²) in [5.74, 6) is 0.662. The summed E-state index contributed by atoms with van der Waals surface area (Å²) >= 11 is 0. The van der Waals surface area contributed by atoms with Crippen molar-refractivity contribution >= 4 is 11.4 Å². The Kier molecular flexibility index (Phi) is 7.15. The van der Waals surface area contributed by atoms with Gasteiger partial charge in [0.15, 0.2) is 0 Å². The number of anilines is 1. The Labute approximate surface area is 127 Å². The number of non-ortho nitro benzene ring substituents is 1. The van der Waals surface area contributed by atoms with Gasteiger partial charge in [0.25, 0.3) is 5.69 Å². The molecule has 0 heterocycles. The molecule has 0 saturated carbocycles. The maximum absolute atomic E-state index is 11.0. The van der Waals surface area contributed by atoms with E-state index in [0.717, 1.165) is 43.7 Å². The zero-order chi connectivity index (χ0) is 15.8. The molecule has 1 aromatic carbocycles. The fraction of sp³-hybridized carbons (Fsp3) is 0.625. The minimum absolute atomic E-state index is 0.157. The molecule has 0 unspecified atom stereocenters. The van der Waals surface area contributed by atoms with Crippen molar-refractivity contribution in [2.75, 3.05) is 25.5 Å². The van der Waals surface area contributed by atoms with Crippen molar-refractivity contribution in [2.24, 2.45) is 5.92 Å². The van der Waals surface area contributed by atoms with Crippen LogP contribution in [0, 0.1) is 16.0 Å². The van der Waals surface area contributed by atoms with E-state index in [9.17, 15) is 10.1 Å². The molecule has 0 saturated heterocycles. The van der Waals surface area contributed by atoms with Gasteiger partial charge in [-0.15, -0.1) is 0 Å². The molecule has 0 radical (unpaired) electrons. The van der Waals surface area contributed by atoms with Crippen molar-refractivity contribution in [3.05, 3.63) is 33.9 Å². The molecular formula is C16H27N3O2. The first-order chi connectivity index (χ1) is 9.93. The zero-order valence-electron chi connectivity index (χ0n) is 13.6. The van der Waals surface area contributed by atoms with Gasteiger partial charge in [0, 0.05) is 30.9 Å². The Bertz CT molecular complexity index is 461. The molecule has 0 aliphatic heterocycles. The number of hydrogen-bond donors (Lipinski definition) is 1. The van der Waals surface area contributed by atoms with Crippen LogP contribution >= 0.6 is 0 Å². The minimum Gasteiger partial charge on any atom is -0.385 e. The molecule has 1 aromatic rings. The lowest BCUT2D eigenvalue weighted by Gasteiger charge is -2.20. The third-order valence-corrected chi connectivity index (χ3v) is 3.39. The fourth-order valence-corrected chi connectivity index (χ4v) is 2.11. The van der Waals surface area contributed by atoms with E-state index in [-0.39, 0.29) is 10.6 Å². The minimum atomic E-state index is -0.332. The SMILES string of the molecule is CCCNc1ccc([N+](=O)[O-])cc1CN(C)CCC(C)C. The van der Waals surface area contributed by atoms with Gasteiger partial charge in [-0.2, -0.15) is 0 Å². The number of nitrogens with one attached hydrogen (secondary N) is 1. The second-order valence-electron chi connectivity index (χ2n) is 5.95. The highest BCUT2D eigenvalue weighted by Gasteiger charge is 2.12. The van der Waals surface area contributed by atoms with Crippen molar-refractivity contribution in [3.63, 3.8) is 0 Å². The van der Waals surface area contributed by atoms with Crippen LogP contribution in [-0.2, 0) is 6.54 Å². The first-order valence-corrected chi connectivity index (χ1v) is 7.63. The van der Waals surface area contributed by atoms with E-state index >= 15 is 0 Å². The van der Waals surface area contributed by atoms with Crippen LogP contribution in [0.1, 0.15) is 39.2 Å². The van der Waals surface area contributed by atoms with Crippen LogP contribution in [0.2, 0.25) is 0 Å². The van der Waals surface area contributed by atoms with Crippen LogP contribution in [0.3, 0.4) is 0 Å². The van der Waals surface area contributed by atoms with Crippen LogP contribution in [0.25, 0.3) is 0 Å². The second-order valence-corrected chi connectivity index (χ2v) is 5.95. The van der Waals surface area contributed by atoms with Crippen molar-refractivity contribution in [2.45, 2.75) is 40.2 Å². The zero-order valence-corrected chi connectivity index (χ0v) is 13.6. The van der Waals surface area contributed by atoms with Crippen LogP contribution < -0.4 is 5.32 Å². The molecule has 0 spiro atoms. The summed E-state index contributed by atoms with van der Waals surface area (Å²) in [7, 11) is 2.06. The van der Waals surface area contributed by atoms with Gasteiger partial charge in [-0.1, -0.05) is 20.8 Å². The van der Waals surface area contributed by atoms with Gasteiger partial charge in [-0.3, -0.25) is 10.1 Å². The summed E-state index contributed by atoms with van der Waals surface area (Å²) in [4.78, 5) is 12.8. The van der Waals surface area contributed by atoms with Crippen molar-refractivity contribution in [3.8, 4) is 0 Å². The lowest BCUT2D eigenvalue weighted by molar-refractivity contribution is -0.384. The number of nitro groups is 1. The van der Waals surface area contributed by atoms with E-state index in [4.69, 9.17) is 0 Å². The Morgan fingerprint density at radius 1 is 1.38 bits per heavy atom. The van der Waals surface area contributed by atoms with Crippen LogP contribution in [0.5, 0.6) is 0 Å². The van der Waals surface area contributed by atoms with Gasteiger partial charge in [0.2, 0.25) is 0 Å². The summed E-state index contributed by atoms with van der Waals surface area (Å²) in [6.07, 6.45) is 2.16. The van der Waals surface area contributed by atoms with Crippen LogP contribution in [0.15, 0.2) is 18.2 Å². The van der Waals surface area contributed by atoms with Crippen molar-refractivity contribution in [1.29, 1.82) is 0 Å². The van der Waals surface area contributed by atoms with E-state index < -0.39 is 0 Å². The quantitative estimate of drug-likeness (QED) is 0.554. The lowest BCUT2D eigenvalue weighted by atomic mass is 10.1. The Hall–Kier alpha value is -1.62. The number of nitro benzene ring substituents is 1. The maximum Gasteiger partial charge on any atom is 0.269 e. The molecule has 0 aliphatic rings. The number of benzene rings is 1. The summed E-state index contributed by atoms with van der Waals surface area (Å²) < 4.78 is 0. The molecule has 1 N–H and O–H groups in total. The van der Waals surface area contributed by atoms with Crippen LogP contribution in [0.4, 0.5) is 11.4 Å². The lowest BCUT2D eigenvalue weighted by Crippen LogP contribution is -2.21. The van der Waals surface area contributed by atoms with E-state index in [1.807, 2.05) is 6.07 Å². The number of nitrogens with zero attached hydrogens (tertiary/aromatic N) is 2. The Morgan fingerprint density at radius 3 is 2.67 bits per heavy atom. The van der Waals surface area contributed by atoms with Gasteiger partial charge in [0.05, 0.1) is 4.92 Å². The molecule has 0 aromatic heterocycles. The van der Waals surface area contributed by atoms with Gasteiger partial charge >= 0.3 is 0 Å². The highest BCUT2D eigenvalue weighted by molar-refractivity contribution is 5.56. The average molecular weight is 293 g/mol. The van der Waals surface area contributed by atoms with Gasteiger partial charge < -0.3 is 10.2 Å². The molecule has 0 aliphatic carbocycles. The van der Waals surface area contributed by atoms with Crippen molar-refractivity contribution in [1.82, 2.24) is 4.90 Å². The monoisotopic (exact) mass is 293 g/mol. The summed E-state index contributed by atoms with van der Waals surface area (Å²) in [5.41, 5.74) is 2.15. The number of hydrogen-bond acceptors (Lipinski definition) is 4. The number of rotatable bonds is 9. The fourth-order valence-electron chi connectivity index (χ4n) is 2.11.